The summed E-state index contributed by atoms with van der Waals surface area (Å²) in [5, 5.41) is 21.7. The summed E-state index contributed by atoms with van der Waals surface area (Å²) in [4.78, 5) is 12.1. The largest absolute Gasteiger partial charge is 0.504 e. The maximum Gasteiger partial charge on any atom is 0.323 e. The third-order valence-corrected chi connectivity index (χ3v) is 3.34. The molecule has 0 aliphatic heterocycles. The molecule has 2 aromatic carbocycles. The smallest absolute Gasteiger partial charge is 0.323 e. The standard InChI is InChI=1S/C17H19NO4/c1-18-14(9-13-7-8-15(19)16(20)10-13)17(21)22-11-12-5-3-2-4-6-12/h2-8,10,14,18-20H,9,11H2,1H3. The molecule has 0 bridgehead atoms. The number of phenolic OH excluding ortho intramolecular Hbond substituents is 2. The summed E-state index contributed by atoms with van der Waals surface area (Å²) in [6.07, 6.45) is 0.359. The number of benzene rings is 2. The lowest BCUT2D eigenvalue weighted by Crippen LogP contribution is -2.37. The number of nitrogens with one attached hydrogen (secondary N) is 1. The van der Waals surface area contributed by atoms with Crippen LogP contribution in [-0.4, -0.2) is 29.3 Å². The zero-order valence-corrected chi connectivity index (χ0v) is 12.3. The molecule has 1 unspecified atom stereocenters. The van der Waals surface area contributed by atoms with Crippen LogP contribution in [0.25, 0.3) is 0 Å². The van der Waals surface area contributed by atoms with Crippen molar-refractivity contribution in [1.29, 1.82) is 0 Å². The number of carbonyl (C=O) groups excluding carboxylic acids is 1. The van der Waals surface area contributed by atoms with Crippen LogP contribution in [0.4, 0.5) is 0 Å². The Morgan fingerprint density at radius 2 is 1.82 bits per heavy atom. The fourth-order valence-corrected chi connectivity index (χ4v) is 2.06. The van der Waals surface area contributed by atoms with Crippen molar-refractivity contribution in [3.63, 3.8) is 0 Å². The molecular formula is C17H19NO4. The van der Waals surface area contributed by atoms with E-state index in [0.29, 0.717) is 6.42 Å². The Labute approximate surface area is 129 Å². The van der Waals surface area contributed by atoms with E-state index in [1.807, 2.05) is 30.3 Å². The van der Waals surface area contributed by atoms with E-state index < -0.39 is 6.04 Å². The lowest BCUT2D eigenvalue weighted by atomic mass is 10.1. The molecular weight excluding hydrogens is 282 g/mol. The number of likely N-dealkylation sites (N-methyl/N-ethyl adjacent to an activating group) is 1. The Morgan fingerprint density at radius 1 is 1.09 bits per heavy atom. The molecule has 0 saturated carbocycles. The van der Waals surface area contributed by atoms with Crippen molar-refractivity contribution in [1.82, 2.24) is 5.32 Å². The quantitative estimate of drug-likeness (QED) is 0.561. The summed E-state index contributed by atoms with van der Waals surface area (Å²) in [6.45, 7) is 0.221. The van der Waals surface area contributed by atoms with Crippen LogP contribution in [0, 0.1) is 0 Å². The van der Waals surface area contributed by atoms with Gasteiger partial charge in [0.2, 0.25) is 0 Å². The summed E-state index contributed by atoms with van der Waals surface area (Å²) in [5.41, 5.74) is 1.65. The fraction of sp³-hybridized carbons (Fsp3) is 0.235. The summed E-state index contributed by atoms with van der Waals surface area (Å²) >= 11 is 0. The number of hydrogen-bond acceptors (Lipinski definition) is 5. The first kappa shape index (κ1) is 15.9. The van der Waals surface area contributed by atoms with Gasteiger partial charge in [0.1, 0.15) is 12.6 Å². The van der Waals surface area contributed by atoms with Crippen molar-refractivity contribution < 1.29 is 19.7 Å². The van der Waals surface area contributed by atoms with Crippen LogP contribution in [0.3, 0.4) is 0 Å². The average Bonchev–Trinajstić information content (AvgIpc) is 2.54. The van der Waals surface area contributed by atoms with Crippen molar-refractivity contribution >= 4 is 5.97 Å². The number of carbonyl (C=O) groups is 1. The molecule has 0 spiro atoms. The Morgan fingerprint density at radius 3 is 2.45 bits per heavy atom. The molecule has 0 fully saturated rings. The summed E-state index contributed by atoms with van der Waals surface area (Å²) in [6, 6.07) is 13.4. The van der Waals surface area contributed by atoms with Gasteiger partial charge in [0, 0.05) is 0 Å². The van der Waals surface area contributed by atoms with Crippen molar-refractivity contribution in [2.75, 3.05) is 7.05 Å². The van der Waals surface area contributed by atoms with E-state index in [0.717, 1.165) is 11.1 Å². The van der Waals surface area contributed by atoms with Crippen LogP contribution >= 0.6 is 0 Å². The predicted octanol–water partition coefficient (Wildman–Crippen LogP) is 1.97. The van der Waals surface area contributed by atoms with E-state index in [1.54, 1.807) is 13.1 Å². The lowest BCUT2D eigenvalue weighted by Gasteiger charge is -2.15. The molecule has 0 aliphatic carbocycles. The van der Waals surface area contributed by atoms with Crippen molar-refractivity contribution in [3.05, 3.63) is 59.7 Å². The van der Waals surface area contributed by atoms with Crippen molar-refractivity contribution in [3.8, 4) is 11.5 Å². The van der Waals surface area contributed by atoms with Crippen LogP contribution in [-0.2, 0) is 22.6 Å². The van der Waals surface area contributed by atoms with Crippen molar-refractivity contribution in [2.24, 2.45) is 0 Å². The van der Waals surface area contributed by atoms with Gasteiger partial charge in [0.25, 0.3) is 0 Å². The molecule has 5 nitrogen and oxygen atoms in total. The highest BCUT2D eigenvalue weighted by molar-refractivity contribution is 5.76. The van der Waals surface area contributed by atoms with E-state index in [1.165, 1.54) is 12.1 Å². The first-order chi connectivity index (χ1) is 10.6. The molecule has 2 aromatic rings. The van der Waals surface area contributed by atoms with E-state index in [2.05, 4.69) is 5.32 Å². The van der Waals surface area contributed by atoms with E-state index in [9.17, 15) is 15.0 Å². The molecule has 116 valence electrons. The number of rotatable bonds is 6. The lowest BCUT2D eigenvalue weighted by molar-refractivity contribution is -0.147. The highest BCUT2D eigenvalue weighted by atomic mass is 16.5. The second-order valence-corrected chi connectivity index (χ2v) is 4.96. The maximum absolute atomic E-state index is 12.1. The van der Waals surface area contributed by atoms with Crippen LogP contribution in [0.5, 0.6) is 11.5 Å². The van der Waals surface area contributed by atoms with Gasteiger partial charge in [-0.3, -0.25) is 4.79 Å². The minimum Gasteiger partial charge on any atom is -0.504 e. The molecule has 3 N–H and O–H groups in total. The molecule has 0 aliphatic rings. The highest BCUT2D eigenvalue weighted by Gasteiger charge is 2.19. The van der Waals surface area contributed by atoms with E-state index in [-0.39, 0.29) is 24.1 Å². The van der Waals surface area contributed by atoms with Gasteiger partial charge < -0.3 is 20.3 Å². The second kappa shape index (κ2) is 7.47. The molecule has 22 heavy (non-hydrogen) atoms. The second-order valence-electron chi connectivity index (χ2n) is 4.96. The maximum atomic E-state index is 12.1. The molecule has 1 atom stereocenters. The minimum atomic E-state index is -0.521. The van der Waals surface area contributed by atoms with Gasteiger partial charge in [0.05, 0.1) is 0 Å². The van der Waals surface area contributed by atoms with Gasteiger partial charge in [-0.25, -0.2) is 0 Å². The highest BCUT2D eigenvalue weighted by Crippen LogP contribution is 2.25. The first-order valence-corrected chi connectivity index (χ1v) is 6.99. The third-order valence-electron chi connectivity index (χ3n) is 3.34. The van der Waals surface area contributed by atoms with E-state index in [4.69, 9.17) is 4.74 Å². The predicted molar refractivity (Wildman–Crippen MR) is 82.6 cm³/mol. The van der Waals surface area contributed by atoms with Gasteiger partial charge in [-0.1, -0.05) is 36.4 Å². The molecule has 0 amide bonds. The van der Waals surface area contributed by atoms with E-state index >= 15 is 0 Å². The SMILES string of the molecule is CNC(Cc1ccc(O)c(O)c1)C(=O)OCc1ccccc1. The Kier molecular flexibility index (Phi) is 5.38. The van der Waals surface area contributed by atoms with Gasteiger partial charge in [-0.2, -0.15) is 0 Å². The number of aromatic hydroxyl groups is 2. The summed E-state index contributed by atoms with van der Waals surface area (Å²) < 4.78 is 5.29. The topological polar surface area (TPSA) is 78.8 Å². The van der Waals surface area contributed by atoms with Crippen LogP contribution < -0.4 is 5.32 Å². The summed E-state index contributed by atoms with van der Waals surface area (Å²) in [5.74, 6) is -0.750. The number of hydrogen-bond donors (Lipinski definition) is 3. The monoisotopic (exact) mass is 301 g/mol. The van der Waals surface area contributed by atoms with Gasteiger partial charge >= 0.3 is 5.97 Å². The summed E-state index contributed by atoms with van der Waals surface area (Å²) in [7, 11) is 1.68. The zero-order valence-electron chi connectivity index (χ0n) is 12.3. The number of phenols is 2. The van der Waals surface area contributed by atoms with Gasteiger partial charge in [-0.15, -0.1) is 0 Å². The molecule has 2 rings (SSSR count). The Bertz CT molecular complexity index is 628. The number of esters is 1. The molecule has 0 radical (unpaired) electrons. The molecule has 5 heteroatoms. The van der Waals surface area contributed by atoms with Gasteiger partial charge in [0.15, 0.2) is 11.5 Å². The fourth-order valence-electron chi connectivity index (χ4n) is 2.06. The normalized spacial score (nSPS) is 11.9. The zero-order chi connectivity index (χ0) is 15.9. The molecule has 0 aromatic heterocycles. The van der Waals surface area contributed by atoms with Crippen LogP contribution in [0.15, 0.2) is 48.5 Å². The first-order valence-electron chi connectivity index (χ1n) is 6.99. The average molecular weight is 301 g/mol. The number of ether oxygens (including phenoxy) is 1. The molecule has 0 saturated heterocycles. The minimum absolute atomic E-state index is 0.184. The van der Waals surface area contributed by atoms with Crippen molar-refractivity contribution in [2.45, 2.75) is 19.1 Å². The Hall–Kier alpha value is -2.53. The van der Waals surface area contributed by atoms with Crippen LogP contribution in [0.1, 0.15) is 11.1 Å². The molecule has 0 heterocycles. The third kappa shape index (κ3) is 4.23. The van der Waals surface area contributed by atoms with Crippen LogP contribution in [0.2, 0.25) is 0 Å². The van der Waals surface area contributed by atoms with Gasteiger partial charge in [-0.05, 0) is 36.7 Å². The Balaban J connectivity index is 1.95.